The van der Waals surface area contributed by atoms with Crippen LogP contribution in [0.1, 0.15) is 17.7 Å². The van der Waals surface area contributed by atoms with E-state index in [0.29, 0.717) is 6.04 Å². The molecule has 100 valence electrons. The van der Waals surface area contributed by atoms with Gasteiger partial charge in [-0.3, -0.25) is 0 Å². The van der Waals surface area contributed by atoms with E-state index in [0.717, 1.165) is 43.2 Å². The fraction of sp³-hybridized carbons (Fsp3) is 0.400. The van der Waals surface area contributed by atoms with E-state index in [4.69, 9.17) is 9.26 Å². The van der Waals surface area contributed by atoms with E-state index in [9.17, 15) is 0 Å². The Morgan fingerprint density at radius 2 is 2.16 bits per heavy atom. The molecule has 1 aromatic carbocycles. The first-order chi connectivity index (χ1) is 9.31. The Morgan fingerprint density at radius 3 is 2.89 bits per heavy atom. The number of ether oxygens (including phenoxy) is 1. The molecule has 0 saturated carbocycles. The van der Waals surface area contributed by atoms with E-state index < -0.39 is 0 Å². The van der Waals surface area contributed by atoms with Crippen LogP contribution in [0.4, 0.5) is 0 Å². The molecule has 1 atom stereocenters. The Bertz CT molecular complexity index is 527. The largest absolute Gasteiger partial charge is 0.380 e. The van der Waals surface area contributed by atoms with Gasteiger partial charge in [0.1, 0.15) is 0 Å². The summed E-state index contributed by atoms with van der Waals surface area (Å²) in [5.41, 5.74) is 3.24. The fourth-order valence-corrected chi connectivity index (χ4v) is 2.19. The number of benzene rings is 1. The van der Waals surface area contributed by atoms with Crippen LogP contribution in [-0.2, 0) is 11.3 Å². The van der Waals surface area contributed by atoms with Crippen molar-refractivity contribution in [2.24, 2.45) is 0 Å². The Hall–Kier alpha value is -1.65. The van der Waals surface area contributed by atoms with Gasteiger partial charge in [-0.15, -0.1) is 0 Å². The van der Waals surface area contributed by atoms with Gasteiger partial charge in [-0.25, -0.2) is 0 Å². The second-order valence-corrected chi connectivity index (χ2v) is 4.99. The van der Waals surface area contributed by atoms with Crippen LogP contribution >= 0.6 is 0 Å². The van der Waals surface area contributed by atoms with Gasteiger partial charge in [-0.05, 0) is 13.3 Å². The molecule has 0 aliphatic carbocycles. The van der Waals surface area contributed by atoms with Gasteiger partial charge >= 0.3 is 0 Å². The third kappa shape index (κ3) is 3.03. The highest BCUT2D eigenvalue weighted by molar-refractivity contribution is 5.57. The zero-order valence-corrected chi connectivity index (χ0v) is 11.1. The standard InChI is InChI=1S/C15H18N2O2/c1-11-2-4-12(5-3-11)15-8-14(17-19-15)9-16-13-6-7-18-10-13/h2-5,8,13,16H,6-7,9-10H2,1H3. The van der Waals surface area contributed by atoms with Gasteiger partial charge in [-0.2, -0.15) is 0 Å². The summed E-state index contributed by atoms with van der Waals surface area (Å²) in [6, 6.07) is 10.7. The first-order valence-corrected chi connectivity index (χ1v) is 6.65. The molecular formula is C15H18N2O2. The molecule has 19 heavy (non-hydrogen) atoms. The van der Waals surface area contributed by atoms with Crippen LogP contribution in [0.2, 0.25) is 0 Å². The summed E-state index contributed by atoms with van der Waals surface area (Å²) in [7, 11) is 0. The van der Waals surface area contributed by atoms with Crippen molar-refractivity contribution in [1.82, 2.24) is 10.5 Å². The molecule has 3 rings (SSSR count). The van der Waals surface area contributed by atoms with Crippen LogP contribution in [0.3, 0.4) is 0 Å². The average Bonchev–Trinajstić information content (AvgIpc) is 3.09. The van der Waals surface area contributed by atoms with Crippen molar-refractivity contribution in [3.63, 3.8) is 0 Å². The predicted molar refractivity (Wildman–Crippen MR) is 72.7 cm³/mol. The summed E-state index contributed by atoms with van der Waals surface area (Å²) in [6.07, 6.45) is 1.07. The second-order valence-electron chi connectivity index (χ2n) is 4.99. The van der Waals surface area contributed by atoms with Crippen LogP contribution in [-0.4, -0.2) is 24.4 Å². The molecule has 0 bridgehead atoms. The molecule has 0 spiro atoms. The van der Waals surface area contributed by atoms with Gasteiger partial charge in [0, 0.05) is 30.8 Å². The van der Waals surface area contributed by atoms with Crippen LogP contribution in [0.5, 0.6) is 0 Å². The lowest BCUT2D eigenvalue weighted by Gasteiger charge is -2.07. The predicted octanol–water partition coefficient (Wildman–Crippen LogP) is 2.53. The molecule has 1 unspecified atom stereocenters. The third-order valence-electron chi connectivity index (χ3n) is 3.40. The molecule has 4 nitrogen and oxygen atoms in total. The molecule has 1 N–H and O–H groups in total. The maximum absolute atomic E-state index is 5.38. The third-order valence-corrected chi connectivity index (χ3v) is 3.40. The van der Waals surface area contributed by atoms with Crippen molar-refractivity contribution in [1.29, 1.82) is 0 Å². The van der Waals surface area contributed by atoms with Crippen LogP contribution in [0.15, 0.2) is 34.9 Å². The van der Waals surface area contributed by atoms with E-state index in [2.05, 4.69) is 41.7 Å². The fourth-order valence-electron chi connectivity index (χ4n) is 2.19. The minimum absolute atomic E-state index is 0.444. The number of aryl methyl sites for hydroxylation is 1. The van der Waals surface area contributed by atoms with Gasteiger partial charge in [0.15, 0.2) is 5.76 Å². The molecule has 1 aromatic heterocycles. The number of hydrogen-bond acceptors (Lipinski definition) is 4. The van der Waals surface area contributed by atoms with E-state index in [1.54, 1.807) is 0 Å². The molecular weight excluding hydrogens is 240 g/mol. The summed E-state index contributed by atoms with van der Waals surface area (Å²) >= 11 is 0. The highest BCUT2D eigenvalue weighted by Gasteiger charge is 2.15. The van der Waals surface area contributed by atoms with Gasteiger partial charge < -0.3 is 14.6 Å². The summed E-state index contributed by atoms with van der Waals surface area (Å²) in [5.74, 6) is 0.819. The minimum atomic E-state index is 0.444. The Morgan fingerprint density at radius 1 is 1.32 bits per heavy atom. The maximum Gasteiger partial charge on any atom is 0.167 e. The molecule has 1 fully saturated rings. The molecule has 2 heterocycles. The molecule has 1 saturated heterocycles. The zero-order valence-electron chi connectivity index (χ0n) is 11.1. The van der Waals surface area contributed by atoms with Crippen molar-refractivity contribution < 1.29 is 9.26 Å². The Balaban J connectivity index is 1.63. The maximum atomic E-state index is 5.38. The normalized spacial score (nSPS) is 18.9. The van der Waals surface area contributed by atoms with Gasteiger partial charge in [-0.1, -0.05) is 35.0 Å². The monoisotopic (exact) mass is 258 g/mol. The van der Waals surface area contributed by atoms with Gasteiger partial charge in [0.2, 0.25) is 0 Å². The number of hydrogen-bond donors (Lipinski definition) is 1. The molecule has 4 heteroatoms. The molecule has 0 radical (unpaired) electrons. The Kier molecular flexibility index (Phi) is 3.62. The van der Waals surface area contributed by atoms with Crippen molar-refractivity contribution in [2.75, 3.05) is 13.2 Å². The van der Waals surface area contributed by atoms with Crippen LogP contribution in [0, 0.1) is 6.92 Å². The molecule has 2 aromatic rings. The molecule has 0 amide bonds. The SMILES string of the molecule is Cc1ccc(-c2cc(CNC3CCOC3)no2)cc1. The summed E-state index contributed by atoms with van der Waals surface area (Å²) in [5, 5.41) is 7.52. The highest BCUT2D eigenvalue weighted by Crippen LogP contribution is 2.20. The first kappa shape index (κ1) is 12.4. The van der Waals surface area contributed by atoms with E-state index in [1.807, 2.05) is 6.07 Å². The smallest absolute Gasteiger partial charge is 0.167 e. The number of nitrogens with one attached hydrogen (secondary N) is 1. The first-order valence-electron chi connectivity index (χ1n) is 6.65. The molecule has 1 aliphatic rings. The number of aromatic nitrogens is 1. The zero-order chi connectivity index (χ0) is 13.1. The quantitative estimate of drug-likeness (QED) is 0.915. The lowest BCUT2D eigenvalue weighted by Crippen LogP contribution is -2.28. The molecule has 1 aliphatic heterocycles. The summed E-state index contributed by atoms with van der Waals surface area (Å²) in [6.45, 7) is 4.44. The van der Waals surface area contributed by atoms with E-state index in [1.165, 1.54) is 5.56 Å². The van der Waals surface area contributed by atoms with Crippen molar-refractivity contribution in [3.8, 4) is 11.3 Å². The van der Waals surface area contributed by atoms with Crippen molar-refractivity contribution in [2.45, 2.75) is 25.9 Å². The minimum Gasteiger partial charge on any atom is -0.380 e. The average molecular weight is 258 g/mol. The lowest BCUT2D eigenvalue weighted by atomic mass is 10.1. The summed E-state index contributed by atoms with van der Waals surface area (Å²) < 4.78 is 10.7. The van der Waals surface area contributed by atoms with E-state index in [-0.39, 0.29) is 0 Å². The Labute approximate surface area is 112 Å². The van der Waals surface area contributed by atoms with E-state index >= 15 is 0 Å². The van der Waals surface area contributed by atoms with Crippen LogP contribution < -0.4 is 5.32 Å². The summed E-state index contributed by atoms with van der Waals surface area (Å²) in [4.78, 5) is 0. The van der Waals surface area contributed by atoms with Crippen LogP contribution in [0.25, 0.3) is 11.3 Å². The topological polar surface area (TPSA) is 47.3 Å². The second kappa shape index (κ2) is 5.55. The van der Waals surface area contributed by atoms with Crippen molar-refractivity contribution in [3.05, 3.63) is 41.6 Å². The number of rotatable bonds is 4. The van der Waals surface area contributed by atoms with Crippen molar-refractivity contribution >= 4 is 0 Å². The highest BCUT2D eigenvalue weighted by atomic mass is 16.5. The van der Waals surface area contributed by atoms with Gasteiger partial charge in [0.05, 0.1) is 12.3 Å². The number of nitrogens with zero attached hydrogens (tertiary/aromatic N) is 1. The van der Waals surface area contributed by atoms with Gasteiger partial charge in [0.25, 0.3) is 0 Å². The lowest BCUT2D eigenvalue weighted by molar-refractivity contribution is 0.189.